The van der Waals surface area contributed by atoms with Crippen LogP contribution < -0.4 is 4.90 Å². The number of pyridine rings is 1. The predicted octanol–water partition coefficient (Wildman–Crippen LogP) is 2.22. The molecule has 11 heavy (non-hydrogen) atoms. The molecule has 0 unspecified atom stereocenters. The zero-order valence-corrected chi connectivity index (χ0v) is 8.51. The monoisotopic (exact) mass is 214 g/mol. The standard InChI is InChI=1S/C8H11BrN2/c1-6-7(11(2)3)4-5-8(9)10-6/h4-5H,1-3H3. The quantitative estimate of drug-likeness (QED) is 0.667. The van der Waals surface area contributed by atoms with Crippen molar-refractivity contribution in [2.75, 3.05) is 19.0 Å². The van der Waals surface area contributed by atoms with Gasteiger partial charge in [-0.15, -0.1) is 0 Å². The topological polar surface area (TPSA) is 16.1 Å². The molecule has 0 bridgehead atoms. The Hall–Kier alpha value is -0.570. The normalized spacial score (nSPS) is 9.82. The molecule has 0 aliphatic rings. The summed E-state index contributed by atoms with van der Waals surface area (Å²) >= 11 is 3.32. The molecule has 3 heteroatoms. The van der Waals surface area contributed by atoms with Crippen molar-refractivity contribution in [3.63, 3.8) is 0 Å². The van der Waals surface area contributed by atoms with E-state index in [0.29, 0.717) is 0 Å². The van der Waals surface area contributed by atoms with Crippen molar-refractivity contribution >= 4 is 21.6 Å². The minimum Gasteiger partial charge on any atom is -0.376 e. The smallest absolute Gasteiger partial charge is 0.106 e. The molecule has 0 aliphatic carbocycles. The van der Waals surface area contributed by atoms with Crippen LogP contribution in [0.25, 0.3) is 0 Å². The zero-order chi connectivity index (χ0) is 8.43. The van der Waals surface area contributed by atoms with Crippen LogP contribution in [0, 0.1) is 6.92 Å². The van der Waals surface area contributed by atoms with E-state index in [2.05, 4.69) is 25.8 Å². The Morgan fingerprint density at radius 1 is 1.36 bits per heavy atom. The van der Waals surface area contributed by atoms with E-state index in [1.165, 1.54) is 0 Å². The molecule has 0 radical (unpaired) electrons. The minimum absolute atomic E-state index is 0.889. The van der Waals surface area contributed by atoms with Crippen molar-refractivity contribution in [1.29, 1.82) is 0 Å². The third kappa shape index (κ3) is 1.93. The lowest BCUT2D eigenvalue weighted by Crippen LogP contribution is -2.10. The van der Waals surface area contributed by atoms with Crippen molar-refractivity contribution in [2.45, 2.75) is 6.92 Å². The zero-order valence-electron chi connectivity index (χ0n) is 6.93. The van der Waals surface area contributed by atoms with Crippen LogP contribution in [0.4, 0.5) is 5.69 Å². The first-order valence-electron chi connectivity index (χ1n) is 3.41. The molecule has 0 fully saturated rings. The van der Waals surface area contributed by atoms with E-state index in [-0.39, 0.29) is 0 Å². The average molecular weight is 215 g/mol. The number of hydrogen-bond acceptors (Lipinski definition) is 2. The predicted molar refractivity (Wildman–Crippen MR) is 51.0 cm³/mol. The number of nitrogens with zero attached hydrogens (tertiary/aromatic N) is 2. The minimum atomic E-state index is 0.889. The highest BCUT2D eigenvalue weighted by atomic mass is 79.9. The van der Waals surface area contributed by atoms with Gasteiger partial charge < -0.3 is 4.90 Å². The summed E-state index contributed by atoms with van der Waals surface area (Å²) in [5, 5.41) is 0. The van der Waals surface area contributed by atoms with Crippen molar-refractivity contribution in [3.05, 3.63) is 22.4 Å². The maximum absolute atomic E-state index is 4.27. The highest BCUT2D eigenvalue weighted by molar-refractivity contribution is 9.10. The number of rotatable bonds is 1. The van der Waals surface area contributed by atoms with Gasteiger partial charge in [0.05, 0.1) is 11.4 Å². The second-order valence-electron chi connectivity index (χ2n) is 2.63. The van der Waals surface area contributed by atoms with E-state index in [1.54, 1.807) is 0 Å². The molecule has 0 saturated heterocycles. The van der Waals surface area contributed by atoms with Crippen LogP contribution in [0.2, 0.25) is 0 Å². The molecule has 1 rings (SSSR count). The number of halogens is 1. The van der Waals surface area contributed by atoms with Crippen molar-refractivity contribution in [2.24, 2.45) is 0 Å². The van der Waals surface area contributed by atoms with Crippen molar-refractivity contribution in [1.82, 2.24) is 4.98 Å². The largest absolute Gasteiger partial charge is 0.376 e. The lowest BCUT2D eigenvalue weighted by Gasteiger charge is -2.14. The fourth-order valence-electron chi connectivity index (χ4n) is 0.996. The van der Waals surface area contributed by atoms with Crippen LogP contribution in [-0.2, 0) is 0 Å². The Morgan fingerprint density at radius 2 is 2.00 bits per heavy atom. The Labute approximate surface area is 75.4 Å². The van der Waals surface area contributed by atoms with Gasteiger partial charge in [-0.2, -0.15) is 0 Å². The lowest BCUT2D eigenvalue weighted by molar-refractivity contribution is 1.06. The molecule has 0 N–H and O–H groups in total. The van der Waals surface area contributed by atoms with Crippen molar-refractivity contribution in [3.8, 4) is 0 Å². The number of hydrogen-bond donors (Lipinski definition) is 0. The fourth-order valence-corrected chi connectivity index (χ4v) is 1.39. The maximum atomic E-state index is 4.27. The number of aromatic nitrogens is 1. The Balaban J connectivity index is 3.09. The Bertz CT molecular complexity index is 258. The van der Waals surface area contributed by atoms with Gasteiger partial charge in [0, 0.05) is 14.1 Å². The van der Waals surface area contributed by atoms with Gasteiger partial charge in [-0.3, -0.25) is 0 Å². The van der Waals surface area contributed by atoms with E-state index in [4.69, 9.17) is 0 Å². The molecule has 2 nitrogen and oxygen atoms in total. The van der Waals surface area contributed by atoms with Crippen LogP contribution >= 0.6 is 15.9 Å². The van der Waals surface area contributed by atoms with Gasteiger partial charge in [-0.25, -0.2) is 4.98 Å². The molecular weight excluding hydrogens is 204 g/mol. The molecule has 1 aromatic rings. The second kappa shape index (κ2) is 3.22. The molecule has 0 amide bonds. The molecule has 0 saturated carbocycles. The van der Waals surface area contributed by atoms with Crippen LogP contribution in [0.5, 0.6) is 0 Å². The van der Waals surface area contributed by atoms with Gasteiger partial charge in [-0.05, 0) is 35.0 Å². The SMILES string of the molecule is Cc1nc(Br)ccc1N(C)C. The summed E-state index contributed by atoms with van der Waals surface area (Å²) in [4.78, 5) is 6.32. The molecule has 0 aromatic carbocycles. The average Bonchev–Trinajstić information content (AvgIpc) is 1.85. The summed E-state index contributed by atoms with van der Waals surface area (Å²) in [7, 11) is 4.02. The van der Waals surface area contributed by atoms with Gasteiger partial charge in [-0.1, -0.05) is 0 Å². The maximum Gasteiger partial charge on any atom is 0.106 e. The van der Waals surface area contributed by atoms with Crippen molar-refractivity contribution < 1.29 is 0 Å². The van der Waals surface area contributed by atoms with Crippen LogP contribution in [0.1, 0.15) is 5.69 Å². The van der Waals surface area contributed by atoms with Gasteiger partial charge >= 0.3 is 0 Å². The molecule has 0 spiro atoms. The van der Waals surface area contributed by atoms with E-state index in [1.807, 2.05) is 33.2 Å². The Morgan fingerprint density at radius 3 is 2.45 bits per heavy atom. The van der Waals surface area contributed by atoms with Crippen LogP contribution in [-0.4, -0.2) is 19.1 Å². The summed E-state index contributed by atoms with van der Waals surface area (Å²) in [6.07, 6.45) is 0. The second-order valence-corrected chi connectivity index (χ2v) is 3.45. The van der Waals surface area contributed by atoms with Gasteiger partial charge in [0.1, 0.15) is 4.60 Å². The first-order valence-corrected chi connectivity index (χ1v) is 4.21. The fraction of sp³-hybridized carbons (Fsp3) is 0.375. The van der Waals surface area contributed by atoms with E-state index >= 15 is 0 Å². The van der Waals surface area contributed by atoms with E-state index in [9.17, 15) is 0 Å². The third-order valence-corrected chi connectivity index (χ3v) is 1.95. The summed E-state index contributed by atoms with van der Waals surface area (Å²) in [6.45, 7) is 2.00. The molecule has 0 atom stereocenters. The van der Waals surface area contributed by atoms with E-state index in [0.717, 1.165) is 16.0 Å². The van der Waals surface area contributed by atoms with Crippen LogP contribution in [0.3, 0.4) is 0 Å². The molecule has 60 valence electrons. The molecule has 1 aromatic heterocycles. The van der Waals surface area contributed by atoms with Gasteiger partial charge in [0.15, 0.2) is 0 Å². The molecule has 0 aliphatic heterocycles. The summed E-state index contributed by atoms with van der Waals surface area (Å²) in [5.74, 6) is 0. The van der Waals surface area contributed by atoms with Gasteiger partial charge in [0.25, 0.3) is 0 Å². The summed E-state index contributed by atoms with van der Waals surface area (Å²) in [5.41, 5.74) is 2.21. The highest BCUT2D eigenvalue weighted by Crippen LogP contribution is 2.17. The third-order valence-electron chi connectivity index (χ3n) is 1.51. The van der Waals surface area contributed by atoms with E-state index < -0.39 is 0 Å². The van der Waals surface area contributed by atoms with Gasteiger partial charge in [0.2, 0.25) is 0 Å². The first-order chi connectivity index (χ1) is 5.11. The highest BCUT2D eigenvalue weighted by Gasteiger charge is 2.00. The summed E-state index contributed by atoms with van der Waals surface area (Å²) < 4.78 is 0.889. The first kappa shape index (κ1) is 8.53. The van der Waals surface area contributed by atoms with Crippen LogP contribution in [0.15, 0.2) is 16.7 Å². The molecule has 1 heterocycles. The molecular formula is C8H11BrN2. The lowest BCUT2D eigenvalue weighted by atomic mass is 10.3. The number of aryl methyl sites for hydroxylation is 1. The number of anilines is 1. The summed E-state index contributed by atoms with van der Waals surface area (Å²) in [6, 6.07) is 3.99. The Kier molecular flexibility index (Phi) is 2.49.